The molecular weight excluding hydrogens is 853 g/mol. The van der Waals surface area contributed by atoms with Gasteiger partial charge in [0.15, 0.2) is 11.5 Å². The first-order chi connectivity index (χ1) is 29.8. The van der Waals surface area contributed by atoms with Gasteiger partial charge < -0.3 is 27.4 Å². The van der Waals surface area contributed by atoms with Crippen molar-refractivity contribution in [2.45, 2.75) is 104 Å². The van der Waals surface area contributed by atoms with Gasteiger partial charge >= 0.3 is 6.16 Å². The number of benzene rings is 4. The second-order valence-electron chi connectivity index (χ2n) is 18.8. The Morgan fingerprint density at radius 1 is 0.594 bits per heavy atom. The van der Waals surface area contributed by atoms with Crippen molar-refractivity contribution in [1.29, 1.82) is 0 Å². The molecule has 0 unspecified atom stereocenters. The van der Waals surface area contributed by atoms with Gasteiger partial charge in [0.05, 0.1) is 21.2 Å². The van der Waals surface area contributed by atoms with E-state index >= 15 is 0 Å². The summed E-state index contributed by atoms with van der Waals surface area (Å²) in [5.41, 5.74) is 3.82. The normalized spacial score (nSPS) is 12.2. The number of carbonyl (C=O) groups excluding carboxylic acids is 1. The number of rotatable bonds is 14. The third kappa shape index (κ3) is 10.4. The molecular formula is C47H54N4O11Si2. The lowest BCUT2D eigenvalue weighted by Gasteiger charge is -2.36. The van der Waals surface area contributed by atoms with Gasteiger partial charge in [-0.2, -0.15) is 0 Å². The summed E-state index contributed by atoms with van der Waals surface area (Å²) >= 11 is 0. The highest BCUT2D eigenvalue weighted by molar-refractivity contribution is 6.75. The number of aryl methyl sites for hydroxylation is 2. The molecule has 0 radical (unpaired) electrons. The van der Waals surface area contributed by atoms with Crippen LogP contribution in [0.4, 0.5) is 16.2 Å². The standard InChI is InChI=1S/C47H54N4O11Si2/c1-29-39(43(59-48-29)31-13-19-37(20-14-31)61-63(9,10)46(3,4)5)27-33-25-35(50(53)54)17-23-41(33)57-45(52)58-42-24-18-36(51(55)56)26-34(42)28-40-30(2)49-60-44(40)32-15-21-38(22-16-32)62-64(11,12)47(6,7)8/h13-26H,27-28H2,1-12H3. The Bertz CT molecular complexity index is 2510. The maximum absolute atomic E-state index is 13.6. The van der Waals surface area contributed by atoms with Crippen molar-refractivity contribution in [3.05, 3.63) is 139 Å². The molecule has 6 aromatic rings. The summed E-state index contributed by atoms with van der Waals surface area (Å²) in [4.78, 5) is 36.4. The molecule has 2 heterocycles. The van der Waals surface area contributed by atoms with E-state index in [2.05, 4.69) is 78.0 Å². The minimum absolute atomic E-state index is 0.00602. The van der Waals surface area contributed by atoms with Crippen molar-refractivity contribution < 1.29 is 42.0 Å². The van der Waals surface area contributed by atoms with Crippen molar-refractivity contribution in [3.8, 4) is 45.6 Å². The third-order valence-corrected chi connectivity index (χ3v) is 20.9. The summed E-state index contributed by atoms with van der Waals surface area (Å²) in [7, 11) is -4.19. The zero-order valence-corrected chi connectivity index (χ0v) is 40.3. The molecule has 0 bridgehead atoms. The van der Waals surface area contributed by atoms with Gasteiger partial charge in [0.2, 0.25) is 16.6 Å². The molecule has 0 aliphatic rings. The molecule has 0 aliphatic carbocycles. The fraction of sp³-hybridized carbons (Fsp3) is 0.340. The second-order valence-corrected chi connectivity index (χ2v) is 28.3. The lowest BCUT2D eigenvalue weighted by Crippen LogP contribution is -2.43. The molecule has 15 nitrogen and oxygen atoms in total. The first-order valence-electron chi connectivity index (χ1n) is 20.8. The monoisotopic (exact) mass is 906 g/mol. The number of nitro benzene ring substituents is 2. The van der Waals surface area contributed by atoms with Gasteiger partial charge in [0.1, 0.15) is 23.0 Å². The Morgan fingerprint density at radius 3 is 1.25 bits per heavy atom. The number of carbonyl (C=O) groups is 1. The minimum Gasteiger partial charge on any atom is -0.544 e. The van der Waals surface area contributed by atoms with Crippen molar-refractivity contribution in [2.75, 3.05) is 0 Å². The fourth-order valence-corrected chi connectivity index (χ4v) is 8.37. The van der Waals surface area contributed by atoms with Crippen molar-refractivity contribution in [1.82, 2.24) is 10.3 Å². The van der Waals surface area contributed by atoms with Gasteiger partial charge in [-0.15, -0.1) is 0 Å². The van der Waals surface area contributed by atoms with Crippen molar-refractivity contribution in [2.24, 2.45) is 0 Å². The highest BCUT2D eigenvalue weighted by atomic mass is 28.4. The number of hydrogen-bond acceptors (Lipinski definition) is 13. The molecule has 6 rings (SSSR count). The fourth-order valence-electron chi connectivity index (χ4n) is 6.31. The Labute approximate surface area is 374 Å². The van der Waals surface area contributed by atoms with Crippen LogP contribution in [-0.4, -0.2) is 43.0 Å². The van der Waals surface area contributed by atoms with Gasteiger partial charge in [-0.25, -0.2) is 4.79 Å². The van der Waals surface area contributed by atoms with Crippen LogP contribution in [0.3, 0.4) is 0 Å². The van der Waals surface area contributed by atoms with Gasteiger partial charge in [0.25, 0.3) is 11.4 Å². The Balaban J connectivity index is 1.26. The summed E-state index contributed by atoms with van der Waals surface area (Å²) in [6.45, 7) is 25.2. The minimum atomic E-state index is -2.09. The summed E-state index contributed by atoms with van der Waals surface area (Å²) in [5, 5.41) is 32.3. The van der Waals surface area contributed by atoms with Crippen LogP contribution in [0, 0.1) is 34.1 Å². The topological polar surface area (TPSA) is 192 Å². The zero-order valence-electron chi connectivity index (χ0n) is 38.3. The van der Waals surface area contributed by atoms with Crippen LogP contribution >= 0.6 is 0 Å². The molecule has 0 atom stereocenters. The lowest BCUT2D eigenvalue weighted by molar-refractivity contribution is -0.385. The van der Waals surface area contributed by atoms with E-state index in [0.717, 1.165) is 11.5 Å². The van der Waals surface area contributed by atoms with Crippen LogP contribution in [0.2, 0.25) is 36.3 Å². The van der Waals surface area contributed by atoms with Gasteiger partial charge in [-0.05, 0) is 111 Å². The molecule has 0 saturated carbocycles. The SMILES string of the molecule is Cc1noc(-c2ccc(O[Si](C)(C)C(C)(C)C)cc2)c1Cc1cc([N+](=O)[O-])ccc1OC(=O)Oc1ccc([N+](=O)[O-])cc1Cc1c(C)noc1-c1ccc(O[Si](C)(C)C(C)(C)C)cc1. The summed E-state index contributed by atoms with van der Waals surface area (Å²) < 4.78 is 35.9. The molecule has 0 saturated heterocycles. The Hall–Kier alpha value is -6.60. The predicted molar refractivity (Wildman–Crippen MR) is 247 cm³/mol. The quantitative estimate of drug-likeness (QED) is 0.0330. The zero-order chi connectivity index (χ0) is 46.9. The van der Waals surface area contributed by atoms with E-state index in [-0.39, 0.29) is 56.9 Å². The van der Waals surface area contributed by atoms with E-state index in [9.17, 15) is 25.0 Å². The summed E-state index contributed by atoms with van der Waals surface area (Å²) in [6.07, 6.45) is -1.10. The average Bonchev–Trinajstić information content (AvgIpc) is 3.75. The molecule has 17 heteroatoms. The number of nitrogens with zero attached hydrogens (tertiary/aromatic N) is 4. The molecule has 0 amide bonds. The third-order valence-electron chi connectivity index (χ3n) is 12.2. The number of aromatic nitrogens is 2. The second kappa shape index (κ2) is 17.9. The van der Waals surface area contributed by atoms with E-state index in [0.29, 0.717) is 45.2 Å². The molecule has 0 aliphatic heterocycles. The maximum Gasteiger partial charge on any atom is 0.519 e. The van der Waals surface area contributed by atoms with E-state index in [1.807, 2.05) is 48.5 Å². The summed E-state index contributed by atoms with van der Waals surface area (Å²) in [6, 6.07) is 22.6. The summed E-state index contributed by atoms with van der Waals surface area (Å²) in [5.74, 6) is 2.30. The van der Waals surface area contributed by atoms with Crippen LogP contribution in [-0.2, 0) is 12.8 Å². The number of hydrogen-bond donors (Lipinski definition) is 0. The van der Waals surface area contributed by atoms with Crippen LogP contribution in [0.15, 0.2) is 94.0 Å². The van der Waals surface area contributed by atoms with Crippen LogP contribution in [0.1, 0.15) is 75.2 Å². The highest BCUT2D eigenvalue weighted by Crippen LogP contribution is 2.41. The highest BCUT2D eigenvalue weighted by Gasteiger charge is 2.40. The first kappa shape index (κ1) is 46.9. The molecule has 336 valence electrons. The molecule has 4 aromatic carbocycles. The van der Waals surface area contributed by atoms with Gasteiger partial charge in [-0.3, -0.25) is 20.2 Å². The molecule has 0 spiro atoms. The molecule has 2 aromatic heterocycles. The number of nitro groups is 2. The van der Waals surface area contributed by atoms with Gasteiger partial charge in [-0.1, -0.05) is 51.9 Å². The van der Waals surface area contributed by atoms with Crippen LogP contribution < -0.4 is 18.3 Å². The lowest BCUT2D eigenvalue weighted by atomic mass is 9.98. The van der Waals surface area contributed by atoms with Crippen molar-refractivity contribution in [3.63, 3.8) is 0 Å². The Morgan fingerprint density at radius 2 is 0.938 bits per heavy atom. The van der Waals surface area contributed by atoms with Crippen LogP contribution in [0.25, 0.3) is 22.6 Å². The van der Waals surface area contributed by atoms with E-state index in [1.54, 1.807) is 13.8 Å². The van der Waals surface area contributed by atoms with Gasteiger partial charge in [0, 0.05) is 70.5 Å². The van der Waals surface area contributed by atoms with E-state index in [1.165, 1.54) is 36.4 Å². The number of non-ortho nitro benzene ring substituents is 2. The maximum atomic E-state index is 13.6. The first-order valence-corrected chi connectivity index (χ1v) is 26.6. The number of ether oxygens (including phenoxy) is 2. The van der Waals surface area contributed by atoms with Crippen molar-refractivity contribution >= 4 is 34.2 Å². The average molecular weight is 907 g/mol. The van der Waals surface area contributed by atoms with Crippen LogP contribution in [0.5, 0.6) is 23.0 Å². The molecule has 0 N–H and O–H groups in total. The smallest absolute Gasteiger partial charge is 0.519 e. The molecule has 0 fully saturated rings. The van der Waals surface area contributed by atoms with E-state index in [4.69, 9.17) is 27.4 Å². The predicted octanol–water partition coefficient (Wildman–Crippen LogP) is 13.0. The largest absolute Gasteiger partial charge is 0.544 e. The van der Waals surface area contributed by atoms with E-state index < -0.39 is 32.6 Å². The Kier molecular flexibility index (Phi) is 13.1. The molecule has 64 heavy (non-hydrogen) atoms.